The normalized spacial score (nSPS) is 11.9. The molecule has 3 aromatic rings. The third-order valence-corrected chi connectivity index (χ3v) is 3.79. The molecule has 0 aliphatic rings. The number of para-hydroxylation sites is 3. The molecule has 0 radical (unpaired) electrons. The Morgan fingerprint density at radius 2 is 1.88 bits per heavy atom. The molecule has 0 saturated heterocycles. The van der Waals surface area contributed by atoms with Crippen molar-refractivity contribution in [3.05, 3.63) is 65.2 Å². The zero-order valence-electron chi connectivity index (χ0n) is 13.5. The third-order valence-electron chi connectivity index (χ3n) is 3.79. The molecule has 5 heteroatoms. The predicted octanol–water partition coefficient (Wildman–Crippen LogP) is 4.05. The second kappa shape index (κ2) is 6.47. The number of H-pyrrole nitrogens is 1. The number of fused-ring (bicyclic) bond motifs is 1. The summed E-state index contributed by atoms with van der Waals surface area (Å²) in [6.07, 6.45) is 0. The number of aromatic nitrogens is 2. The van der Waals surface area contributed by atoms with Crippen molar-refractivity contribution in [1.29, 1.82) is 5.26 Å². The van der Waals surface area contributed by atoms with E-state index < -0.39 is 0 Å². The van der Waals surface area contributed by atoms with Crippen LogP contribution in [0.3, 0.4) is 0 Å². The summed E-state index contributed by atoms with van der Waals surface area (Å²) in [5.74, 6) is 0.895. The van der Waals surface area contributed by atoms with Gasteiger partial charge in [-0.1, -0.05) is 30.3 Å². The number of aliphatic hydroxyl groups is 1. The Bertz CT molecular complexity index is 911. The van der Waals surface area contributed by atoms with E-state index in [1.807, 2.05) is 62.4 Å². The summed E-state index contributed by atoms with van der Waals surface area (Å²) >= 11 is 0. The number of aliphatic hydroxyl groups excluding tert-OH is 1. The Kier molecular flexibility index (Phi) is 4.21. The van der Waals surface area contributed by atoms with Gasteiger partial charge in [-0.05, 0) is 37.1 Å². The maximum atomic E-state index is 10.3. The summed E-state index contributed by atoms with van der Waals surface area (Å²) < 4.78 is 5.71. The number of benzene rings is 2. The SMILES string of the molecule is Cc1cccc(C)c1OCC(O)=C(C#N)c1nc2ccccc2[nH]1. The van der Waals surface area contributed by atoms with Gasteiger partial charge in [0, 0.05) is 0 Å². The molecule has 0 amide bonds. The Labute approximate surface area is 139 Å². The molecule has 1 aromatic heterocycles. The van der Waals surface area contributed by atoms with E-state index in [0.717, 1.165) is 22.2 Å². The first-order valence-corrected chi connectivity index (χ1v) is 7.56. The highest BCUT2D eigenvalue weighted by Crippen LogP contribution is 2.24. The van der Waals surface area contributed by atoms with Gasteiger partial charge < -0.3 is 14.8 Å². The Morgan fingerprint density at radius 1 is 1.17 bits per heavy atom. The summed E-state index contributed by atoms with van der Waals surface area (Å²) in [6.45, 7) is 3.78. The maximum Gasteiger partial charge on any atom is 0.152 e. The van der Waals surface area contributed by atoms with Gasteiger partial charge in [0.05, 0.1) is 11.0 Å². The first kappa shape index (κ1) is 15.6. The Morgan fingerprint density at radius 3 is 2.54 bits per heavy atom. The fourth-order valence-electron chi connectivity index (χ4n) is 2.56. The number of nitriles is 1. The minimum absolute atomic E-state index is 0.0810. The monoisotopic (exact) mass is 319 g/mol. The molecule has 5 nitrogen and oxygen atoms in total. The van der Waals surface area contributed by atoms with Crippen LogP contribution in [0.4, 0.5) is 0 Å². The van der Waals surface area contributed by atoms with E-state index >= 15 is 0 Å². The van der Waals surface area contributed by atoms with Gasteiger partial charge in [-0.25, -0.2) is 4.98 Å². The molecule has 0 bridgehead atoms. The summed E-state index contributed by atoms with van der Waals surface area (Å²) in [6, 6.07) is 15.3. The predicted molar refractivity (Wildman–Crippen MR) is 92.7 cm³/mol. The van der Waals surface area contributed by atoms with Crippen molar-refractivity contribution in [2.45, 2.75) is 13.8 Å². The highest BCUT2D eigenvalue weighted by Gasteiger charge is 2.14. The van der Waals surface area contributed by atoms with Crippen molar-refractivity contribution in [1.82, 2.24) is 9.97 Å². The minimum Gasteiger partial charge on any atom is -0.507 e. The second-order valence-electron chi connectivity index (χ2n) is 5.55. The first-order valence-electron chi connectivity index (χ1n) is 7.56. The van der Waals surface area contributed by atoms with Crippen LogP contribution < -0.4 is 4.74 Å². The number of allylic oxidation sites excluding steroid dienone is 1. The molecule has 3 rings (SSSR count). The molecule has 0 aliphatic carbocycles. The molecular weight excluding hydrogens is 302 g/mol. The highest BCUT2D eigenvalue weighted by atomic mass is 16.5. The van der Waals surface area contributed by atoms with Crippen molar-refractivity contribution in [2.24, 2.45) is 0 Å². The van der Waals surface area contributed by atoms with E-state index in [9.17, 15) is 10.4 Å². The van der Waals surface area contributed by atoms with E-state index in [4.69, 9.17) is 4.74 Å². The molecule has 0 unspecified atom stereocenters. The number of aryl methyl sites for hydroxylation is 2. The van der Waals surface area contributed by atoms with E-state index in [2.05, 4.69) is 9.97 Å². The van der Waals surface area contributed by atoms with Gasteiger partial charge >= 0.3 is 0 Å². The lowest BCUT2D eigenvalue weighted by molar-refractivity contribution is 0.270. The first-order chi connectivity index (χ1) is 11.6. The molecular formula is C19H17N3O2. The summed E-state index contributed by atoms with van der Waals surface area (Å²) in [5.41, 5.74) is 3.58. The van der Waals surface area contributed by atoms with E-state index in [1.54, 1.807) is 0 Å². The number of ether oxygens (including phenoxy) is 1. The van der Waals surface area contributed by atoms with Gasteiger partial charge in [-0.3, -0.25) is 0 Å². The van der Waals surface area contributed by atoms with Crippen LogP contribution in [0.5, 0.6) is 5.75 Å². The molecule has 24 heavy (non-hydrogen) atoms. The number of nitrogens with one attached hydrogen (secondary N) is 1. The fraction of sp³-hybridized carbons (Fsp3) is 0.158. The second-order valence-corrected chi connectivity index (χ2v) is 5.55. The molecule has 0 aliphatic heterocycles. The van der Waals surface area contributed by atoms with Crippen LogP contribution in [-0.4, -0.2) is 21.7 Å². The van der Waals surface area contributed by atoms with Crippen LogP contribution in [0, 0.1) is 25.2 Å². The number of hydrogen-bond acceptors (Lipinski definition) is 4. The van der Waals surface area contributed by atoms with Gasteiger partial charge in [0.25, 0.3) is 0 Å². The van der Waals surface area contributed by atoms with Crippen molar-refractivity contribution in [3.63, 3.8) is 0 Å². The highest BCUT2D eigenvalue weighted by molar-refractivity contribution is 5.82. The zero-order valence-corrected chi connectivity index (χ0v) is 13.5. The molecule has 120 valence electrons. The molecule has 2 aromatic carbocycles. The molecule has 0 spiro atoms. The maximum absolute atomic E-state index is 10.3. The van der Waals surface area contributed by atoms with Gasteiger partial charge in [0.15, 0.2) is 11.6 Å². The lowest BCUT2D eigenvalue weighted by Gasteiger charge is -2.11. The van der Waals surface area contributed by atoms with E-state index in [1.165, 1.54) is 0 Å². The van der Waals surface area contributed by atoms with Gasteiger partial charge in [-0.2, -0.15) is 5.26 Å². The quantitative estimate of drug-likeness (QED) is 0.561. The number of aromatic amines is 1. The Hall–Kier alpha value is -3.26. The molecule has 0 atom stereocenters. The Balaban J connectivity index is 1.89. The van der Waals surface area contributed by atoms with Crippen LogP contribution in [0.2, 0.25) is 0 Å². The van der Waals surface area contributed by atoms with Crippen LogP contribution in [0.25, 0.3) is 16.6 Å². The van der Waals surface area contributed by atoms with Crippen molar-refractivity contribution < 1.29 is 9.84 Å². The average molecular weight is 319 g/mol. The van der Waals surface area contributed by atoms with Crippen molar-refractivity contribution in [2.75, 3.05) is 6.61 Å². The largest absolute Gasteiger partial charge is 0.507 e. The van der Waals surface area contributed by atoms with Crippen LogP contribution in [0.15, 0.2) is 48.2 Å². The van der Waals surface area contributed by atoms with Crippen LogP contribution in [0.1, 0.15) is 17.0 Å². The zero-order chi connectivity index (χ0) is 17.1. The molecule has 0 saturated carbocycles. The number of nitrogens with zero attached hydrogens (tertiary/aromatic N) is 2. The van der Waals surface area contributed by atoms with Crippen molar-refractivity contribution >= 4 is 16.6 Å². The summed E-state index contributed by atoms with van der Waals surface area (Å²) in [4.78, 5) is 7.38. The lowest BCUT2D eigenvalue weighted by atomic mass is 10.1. The van der Waals surface area contributed by atoms with Gasteiger partial charge in [-0.15, -0.1) is 0 Å². The molecule has 2 N–H and O–H groups in total. The average Bonchev–Trinajstić information content (AvgIpc) is 2.98. The smallest absolute Gasteiger partial charge is 0.152 e. The van der Waals surface area contributed by atoms with E-state index in [-0.39, 0.29) is 17.9 Å². The van der Waals surface area contributed by atoms with Crippen LogP contribution >= 0.6 is 0 Å². The lowest BCUT2D eigenvalue weighted by Crippen LogP contribution is -2.06. The molecule has 1 heterocycles. The van der Waals surface area contributed by atoms with Crippen LogP contribution in [-0.2, 0) is 0 Å². The standard InChI is InChI=1S/C19H17N3O2/c1-12-6-5-7-13(2)18(12)24-11-17(23)14(10-20)19-21-15-8-3-4-9-16(15)22-19/h3-9,23H,11H2,1-2H3,(H,21,22). The summed E-state index contributed by atoms with van der Waals surface area (Å²) in [5, 5.41) is 19.7. The van der Waals surface area contributed by atoms with Crippen molar-refractivity contribution in [3.8, 4) is 11.8 Å². The number of rotatable bonds is 4. The molecule has 0 fully saturated rings. The topological polar surface area (TPSA) is 81.9 Å². The third kappa shape index (κ3) is 2.95. The fourth-order valence-corrected chi connectivity index (χ4v) is 2.56. The number of imidazole rings is 1. The van der Waals surface area contributed by atoms with Gasteiger partial charge in [0.2, 0.25) is 0 Å². The van der Waals surface area contributed by atoms with Gasteiger partial charge in [0.1, 0.15) is 24.0 Å². The minimum atomic E-state index is -0.154. The van der Waals surface area contributed by atoms with E-state index in [0.29, 0.717) is 11.6 Å². The summed E-state index contributed by atoms with van der Waals surface area (Å²) in [7, 11) is 0. The number of hydrogen-bond donors (Lipinski definition) is 2.